The smallest absolute Gasteiger partial charge is 0.319 e. The van der Waals surface area contributed by atoms with Crippen LogP contribution in [0.15, 0.2) is 54.6 Å². The van der Waals surface area contributed by atoms with Gasteiger partial charge in [-0.25, -0.2) is 4.79 Å². The minimum absolute atomic E-state index is 0.179. The number of benzene rings is 2. The van der Waals surface area contributed by atoms with Crippen LogP contribution in [0.1, 0.15) is 24.0 Å². The van der Waals surface area contributed by atoms with E-state index in [4.69, 9.17) is 4.74 Å². The summed E-state index contributed by atoms with van der Waals surface area (Å²) >= 11 is 0. The molecule has 1 aliphatic rings. The first-order valence-electron chi connectivity index (χ1n) is 8.55. The molecule has 24 heavy (non-hydrogen) atoms. The number of amides is 2. The van der Waals surface area contributed by atoms with Gasteiger partial charge >= 0.3 is 6.03 Å². The van der Waals surface area contributed by atoms with E-state index in [1.807, 2.05) is 42.5 Å². The zero-order valence-electron chi connectivity index (χ0n) is 13.8. The van der Waals surface area contributed by atoms with Gasteiger partial charge in [0, 0.05) is 18.8 Å². The summed E-state index contributed by atoms with van der Waals surface area (Å²) in [6.07, 6.45) is 3.42. The quantitative estimate of drug-likeness (QED) is 0.772. The molecule has 0 saturated heterocycles. The van der Waals surface area contributed by atoms with Crippen molar-refractivity contribution in [1.29, 1.82) is 0 Å². The number of carbonyl (C=O) groups excluding carboxylic acids is 1. The van der Waals surface area contributed by atoms with E-state index in [1.165, 1.54) is 18.4 Å². The Kier molecular flexibility index (Phi) is 5.85. The van der Waals surface area contributed by atoms with E-state index in [9.17, 15) is 4.79 Å². The molecule has 2 N–H and O–H groups in total. The fourth-order valence-corrected chi connectivity index (χ4v) is 2.51. The highest BCUT2D eigenvalue weighted by Crippen LogP contribution is 2.29. The highest BCUT2D eigenvalue weighted by molar-refractivity contribution is 5.89. The largest absolute Gasteiger partial charge is 0.376 e. The number of nitrogens with one attached hydrogen (secondary N) is 2. The summed E-state index contributed by atoms with van der Waals surface area (Å²) in [5.41, 5.74) is 3.09. The van der Waals surface area contributed by atoms with Gasteiger partial charge < -0.3 is 15.4 Å². The third-order valence-electron chi connectivity index (χ3n) is 4.05. The summed E-state index contributed by atoms with van der Waals surface area (Å²) < 4.78 is 5.69. The number of urea groups is 1. The van der Waals surface area contributed by atoms with E-state index >= 15 is 0 Å². The molecule has 2 amide bonds. The summed E-state index contributed by atoms with van der Waals surface area (Å²) in [4.78, 5) is 12.0. The molecular formula is C20H24N2O2. The van der Waals surface area contributed by atoms with Gasteiger partial charge in [0.15, 0.2) is 0 Å². The highest BCUT2D eigenvalue weighted by atomic mass is 16.5. The normalized spacial score (nSPS) is 13.5. The highest BCUT2D eigenvalue weighted by Gasteiger charge is 2.20. The summed E-state index contributed by atoms with van der Waals surface area (Å²) in [5, 5.41) is 5.76. The van der Waals surface area contributed by atoms with Crippen molar-refractivity contribution in [2.45, 2.75) is 25.9 Å². The maximum atomic E-state index is 12.0. The molecule has 1 aliphatic carbocycles. The third kappa shape index (κ3) is 5.70. The number of ether oxygens (including phenoxy) is 1. The maximum absolute atomic E-state index is 12.0. The molecule has 0 radical (unpaired) electrons. The molecule has 4 heteroatoms. The number of rotatable bonds is 8. The van der Waals surface area contributed by atoms with Gasteiger partial charge in [0.2, 0.25) is 0 Å². The molecular weight excluding hydrogens is 300 g/mol. The lowest BCUT2D eigenvalue weighted by Gasteiger charge is -2.09. The summed E-state index contributed by atoms with van der Waals surface area (Å²) in [6.45, 7) is 2.05. The van der Waals surface area contributed by atoms with Crippen LogP contribution in [0.3, 0.4) is 0 Å². The lowest BCUT2D eigenvalue weighted by atomic mass is 10.1. The van der Waals surface area contributed by atoms with Crippen LogP contribution < -0.4 is 10.6 Å². The van der Waals surface area contributed by atoms with E-state index in [0.29, 0.717) is 13.2 Å². The fraction of sp³-hybridized carbons (Fsp3) is 0.350. The van der Waals surface area contributed by atoms with Crippen molar-refractivity contribution in [2.75, 3.05) is 18.5 Å². The first-order chi connectivity index (χ1) is 11.8. The second kappa shape index (κ2) is 8.50. The van der Waals surface area contributed by atoms with Gasteiger partial charge in [-0.15, -0.1) is 0 Å². The fourth-order valence-electron chi connectivity index (χ4n) is 2.51. The standard InChI is InChI=1S/C20H24N2O2/c23-20(21-12-11-16-5-2-1-3-6-16)22-19-8-4-7-18(13-19)15-24-14-17-9-10-17/h1-8,13,17H,9-12,14-15H2,(H2,21,22,23). The Hall–Kier alpha value is -2.33. The molecule has 0 spiro atoms. The third-order valence-corrected chi connectivity index (χ3v) is 4.05. The Morgan fingerprint density at radius 2 is 1.83 bits per heavy atom. The average molecular weight is 324 g/mol. The molecule has 0 bridgehead atoms. The molecule has 2 aromatic rings. The first-order valence-corrected chi connectivity index (χ1v) is 8.55. The molecule has 1 saturated carbocycles. The Balaban J connectivity index is 1.40. The summed E-state index contributed by atoms with van der Waals surface area (Å²) in [7, 11) is 0. The van der Waals surface area contributed by atoms with Crippen molar-refractivity contribution in [3.63, 3.8) is 0 Å². The van der Waals surface area contributed by atoms with Gasteiger partial charge in [-0.2, -0.15) is 0 Å². The monoisotopic (exact) mass is 324 g/mol. The van der Waals surface area contributed by atoms with Crippen molar-refractivity contribution in [3.05, 3.63) is 65.7 Å². The van der Waals surface area contributed by atoms with E-state index in [0.717, 1.165) is 30.2 Å². The molecule has 0 heterocycles. The SMILES string of the molecule is O=C(NCCc1ccccc1)Nc1cccc(COCC2CC2)c1. The molecule has 4 nitrogen and oxygen atoms in total. The van der Waals surface area contributed by atoms with Crippen molar-refractivity contribution < 1.29 is 9.53 Å². The van der Waals surface area contributed by atoms with Crippen molar-refractivity contribution in [3.8, 4) is 0 Å². The van der Waals surface area contributed by atoms with Gasteiger partial charge in [0.1, 0.15) is 0 Å². The summed E-state index contributed by atoms with van der Waals surface area (Å²) in [5.74, 6) is 0.765. The zero-order valence-corrected chi connectivity index (χ0v) is 13.8. The molecule has 2 aromatic carbocycles. The zero-order chi connectivity index (χ0) is 16.6. The lowest BCUT2D eigenvalue weighted by molar-refractivity contribution is 0.111. The summed E-state index contributed by atoms with van der Waals surface area (Å²) in [6, 6.07) is 17.8. The predicted octanol–water partition coefficient (Wildman–Crippen LogP) is 3.98. The number of carbonyl (C=O) groups is 1. The molecule has 1 fully saturated rings. The van der Waals surface area contributed by atoms with Crippen LogP contribution in [0.25, 0.3) is 0 Å². The number of hydrogen-bond acceptors (Lipinski definition) is 2. The van der Waals surface area contributed by atoms with Crippen LogP contribution in [-0.2, 0) is 17.8 Å². The predicted molar refractivity (Wildman–Crippen MR) is 96.0 cm³/mol. The number of anilines is 1. The van der Waals surface area contributed by atoms with Gasteiger partial charge in [-0.1, -0.05) is 42.5 Å². The van der Waals surface area contributed by atoms with Crippen molar-refractivity contribution in [2.24, 2.45) is 5.92 Å². The van der Waals surface area contributed by atoms with Gasteiger partial charge in [-0.3, -0.25) is 0 Å². The van der Waals surface area contributed by atoms with Crippen LogP contribution in [-0.4, -0.2) is 19.2 Å². The minimum atomic E-state index is -0.179. The lowest BCUT2D eigenvalue weighted by Crippen LogP contribution is -2.30. The Morgan fingerprint density at radius 3 is 2.62 bits per heavy atom. The molecule has 0 aromatic heterocycles. The minimum Gasteiger partial charge on any atom is -0.376 e. The molecule has 126 valence electrons. The van der Waals surface area contributed by atoms with Crippen molar-refractivity contribution in [1.82, 2.24) is 5.32 Å². The second-order valence-corrected chi connectivity index (χ2v) is 6.28. The Bertz CT molecular complexity index is 654. The van der Waals surface area contributed by atoms with E-state index in [-0.39, 0.29) is 6.03 Å². The topological polar surface area (TPSA) is 50.4 Å². The van der Waals surface area contributed by atoms with Crippen molar-refractivity contribution >= 4 is 11.7 Å². The molecule has 0 atom stereocenters. The molecule has 0 unspecified atom stereocenters. The molecule has 3 rings (SSSR count). The van der Waals surface area contributed by atoms with E-state index in [2.05, 4.69) is 22.8 Å². The van der Waals surface area contributed by atoms with Gasteiger partial charge in [0.25, 0.3) is 0 Å². The molecule has 0 aliphatic heterocycles. The van der Waals surface area contributed by atoms with Crippen LogP contribution in [0.4, 0.5) is 10.5 Å². The average Bonchev–Trinajstić information content (AvgIpc) is 3.40. The van der Waals surface area contributed by atoms with E-state index in [1.54, 1.807) is 0 Å². The maximum Gasteiger partial charge on any atom is 0.319 e. The number of hydrogen-bond donors (Lipinski definition) is 2. The van der Waals surface area contributed by atoms with Gasteiger partial charge in [0.05, 0.1) is 6.61 Å². The Morgan fingerprint density at radius 1 is 1.04 bits per heavy atom. The van der Waals surface area contributed by atoms with Crippen LogP contribution >= 0.6 is 0 Å². The second-order valence-electron chi connectivity index (χ2n) is 6.28. The Labute approximate surface area is 143 Å². The first kappa shape index (κ1) is 16.5. The van der Waals surface area contributed by atoms with Crippen LogP contribution in [0.5, 0.6) is 0 Å². The van der Waals surface area contributed by atoms with Gasteiger partial charge in [-0.05, 0) is 48.4 Å². The van der Waals surface area contributed by atoms with Crippen LogP contribution in [0, 0.1) is 5.92 Å². The van der Waals surface area contributed by atoms with Crippen LogP contribution in [0.2, 0.25) is 0 Å². The van der Waals surface area contributed by atoms with E-state index < -0.39 is 0 Å².